The summed E-state index contributed by atoms with van der Waals surface area (Å²) in [6, 6.07) is 10.3. The highest BCUT2D eigenvalue weighted by Gasteiger charge is 2.18. The van der Waals surface area contributed by atoms with E-state index in [0.717, 1.165) is 17.0 Å². The number of nitrogens with zero attached hydrogens (tertiary/aromatic N) is 5. The highest BCUT2D eigenvalue weighted by molar-refractivity contribution is 6.33. The number of hydrogen-bond acceptors (Lipinski definition) is 7. The monoisotopic (exact) mass is 424 g/mol. The molecule has 0 aliphatic carbocycles. The third kappa shape index (κ3) is 3.74. The zero-order chi connectivity index (χ0) is 21.3. The predicted octanol–water partition coefficient (Wildman–Crippen LogP) is 3.85. The van der Waals surface area contributed by atoms with Gasteiger partial charge in [0.2, 0.25) is 5.89 Å². The molecule has 1 amide bonds. The van der Waals surface area contributed by atoms with Gasteiger partial charge < -0.3 is 14.5 Å². The Labute approximate surface area is 176 Å². The molecule has 10 heteroatoms. The van der Waals surface area contributed by atoms with Crippen molar-refractivity contribution in [3.63, 3.8) is 0 Å². The molecule has 2 aromatic carbocycles. The van der Waals surface area contributed by atoms with Gasteiger partial charge in [-0.05, 0) is 48.5 Å². The lowest BCUT2D eigenvalue weighted by molar-refractivity contribution is 0.102. The van der Waals surface area contributed by atoms with Crippen molar-refractivity contribution in [1.29, 1.82) is 0 Å². The molecule has 0 aliphatic heterocycles. The van der Waals surface area contributed by atoms with Crippen molar-refractivity contribution in [3.05, 3.63) is 64.8 Å². The Balaban J connectivity index is 1.63. The fourth-order valence-corrected chi connectivity index (χ4v) is 3.11. The van der Waals surface area contributed by atoms with Crippen LogP contribution >= 0.6 is 11.6 Å². The summed E-state index contributed by atoms with van der Waals surface area (Å²) in [5.41, 5.74) is 2.91. The summed E-state index contributed by atoms with van der Waals surface area (Å²) in [5, 5.41) is 14.1. The third-order valence-corrected chi connectivity index (χ3v) is 4.81. The number of aryl methyl sites for hydroxylation is 2. The van der Waals surface area contributed by atoms with Gasteiger partial charge in [-0.1, -0.05) is 17.7 Å². The molecule has 0 fully saturated rings. The number of benzene rings is 2. The number of tetrazole rings is 1. The highest BCUT2D eigenvalue weighted by atomic mass is 35.5. The summed E-state index contributed by atoms with van der Waals surface area (Å²) in [7, 11) is 1.47. The number of nitrogens with one attached hydrogen (secondary N) is 1. The molecular formula is C20H17ClN6O3. The van der Waals surface area contributed by atoms with Crippen LogP contribution in [0.3, 0.4) is 0 Å². The number of halogens is 1. The van der Waals surface area contributed by atoms with Crippen LogP contribution in [0.15, 0.2) is 47.1 Å². The maximum Gasteiger partial charge on any atom is 0.259 e. The second kappa shape index (κ2) is 7.96. The Morgan fingerprint density at radius 1 is 1.23 bits per heavy atom. The summed E-state index contributed by atoms with van der Waals surface area (Å²) < 4.78 is 12.4. The molecule has 152 valence electrons. The standard InChI is InChI=1S/C20H17ClN6O3/c1-11-12(2)30-20(23-11)13-5-4-6-14(7-13)24-19(28)15-8-16(21)17(9-18(15)29-3)27-10-22-25-26-27/h4-10H,1-3H3,(H,24,28). The Morgan fingerprint density at radius 3 is 2.73 bits per heavy atom. The molecule has 0 unspecified atom stereocenters. The van der Waals surface area contributed by atoms with Gasteiger partial charge in [0.1, 0.15) is 17.8 Å². The highest BCUT2D eigenvalue weighted by Crippen LogP contribution is 2.30. The van der Waals surface area contributed by atoms with Crippen LogP contribution in [-0.2, 0) is 0 Å². The molecule has 1 N–H and O–H groups in total. The predicted molar refractivity (Wildman–Crippen MR) is 110 cm³/mol. The van der Waals surface area contributed by atoms with E-state index in [2.05, 4.69) is 25.8 Å². The summed E-state index contributed by atoms with van der Waals surface area (Å²) in [6.07, 6.45) is 1.40. The van der Waals surface area contributed by atoms with E-state index in [1.165, 1.54) is 24.2 Å². The van der Waals surface area contributed by atoms with Gasteiger partial charge in [0.25, 0.3) is 5.91 Å². The molecule has 30 heavy (non-hydrogen) atoms. The molecule has 0 aliphatic rings. The van der Waals surface area contributed by atoms with Crippen LogP contribution in [0, 0.1) is 13.8 Å². The fraction of sp³-hybridized carbons (Fsp3) is 0.150. The normalized spacial score (nSPS) is 10.8. The van der Waals surface area contributed by atoms with Crippen molar-refractivity contribution in [1.82, 2.24) is 25.2 Å². The number of hydrogen-bond donors (Lipinski definition) is 1. The maximum absolute atomic E-state index is 12.9. The van der Waals surface area contributed by atoms with Crippen molar-refractivity contribution >= 4 is 23.2 Å². The Hall–Kier alpha value is -3.72. The number of carbonyl (C=O) groups excluding carboxylic acids is 1. The first kappa shape index (κ1) is 19.6. The van der Waals surface area contributed by atoms with Gasteiger partial charge in [0, 0.05) is 17.3 Å². The average molecular weight is 425 g/mol. The Kier molecular flexibility index (Phi) is 5.20. The minimum Gasteiger partial charge on any atom is -0.496 e. The van der Waals surface area contributed by atoms with Gasteiger partial charge in [0.15, 0.2) is 0 Å². The van der Waals surface area contributed by atoms with Crippen molar-refractivity contribution in [3.8, 4) is 22.9 Å². The second-order valence-corrected chi connectivity index (χ2v) is 6.86. The number of oxazole rings is 1. The number of anilines is 1. The molecule has 2 heterocycles. The number of methoxy groups -OCH3 is 1. The molecule has 0 saturated heterocycles. The van der Waals surface area contributed by atoms with Crippen LogP contribution < -0.4 is 10.1 Å². The van der Waals surface area contributed by atoms with Crippen molar-refractivity contribution in [2.45, 2.75) is 13.8 Å². The van der Waals surface area contributed by atoms with Crippen LogP contribution in [-0.4, -0.2) is 38.2 Å². The van der Waals surface area contributed by atoms with E-state index >= 15 is 0 Å². The second-order valence-electron chi connectivity index (χ2n) is 6.45. The number of carbonyl (C=O) groups is 1. The molecule has 0 radical (unpaired) electrons. The van der Waals surface area contributed by atoms with E-state index in [1.807, 2.05) is 26.0 Å². The van der Waals surface area contributed by atoms with Gasteiger partial charge in [-0.3, -0.25) is 4.79 Å². The molecule has 0 spiro atoms. The van der Waals surface area contributed by atoms with Gasteiger partial charge >= 0.3 is 0 Å². The van der Waals surface area contributed by atoms with Gasteiger partial charge in [0.05, 0.1) is 29.1 Å². The SMILES string of the molecule is COc1cc(-n2cnnn2)c(Cl)cc1C(=O)Nc1cccc(-c2nc(C)c(C)o2)c1. The largest absolute Gasteiger partial charge is 0.496 e. The topological polar surface area (TPSA) is 108 Å². The first-order chi connectivity index (χ1) is 14.5. The van der Waals surface area contributed by atoms with Gasteiger partial charge in [-0.25, -0.2) is 4.98 Å². The van der Waals surface area contributed by atoms with Crippen molar-refractivity contribution in [2.75, 3.05) is 12.4 Å². The van der Waals surface area contributed by atoms with Crippen molar-refractivity contribution < 1.29 is 13.9 Å². The van der Waals surface area contributed by atoms with E-state index in [-0.39, 0.29) is 11.5 Å². The lowest BCUT2D eigenvalue weighted by Gasteiger charge is -2.13. The minimum absolute atomic E-state index is 0.271. The van der Waals surface area contributed by atoms with Crippen molar-refractivity contribution in [2.24, 2.45) is 0 Å². The number of amides is 1. The first-order valence-corrected chi connectivity index (χ1v) is 9.30. The van der Waals surface area contributed by atoms with Crippen LogP contribution in [0.5, 0.6) is 5.75 Å². The lowest BCUT2D eigenvalue weighted by atomic mass is 10.1. The quantitative estimate of drug-likeness (QED) is 0.518. The van der Waals surface area contributed by atoms with Crippen LogP contribution in [0.1, 0.15) is 21.8 Å². The van der Waals surface area contributed by atoms with E-state index in [1.54, 1.807) is 18.2 Å². The molecule has 0 bridgehead atoms. The zero-order valence-electron chi connectivity index (χ0n) is 16.4. The molecule has 4 aromatic rings. The average Bonchev–Trinajstić information content (AvgIpc) is 3.38. The smallest absolute Gasteiger partial charge is 0.259 e. The minimum atomic E-state index is -0.381. The molecule has 0 atom stereocenters. The van der Waals surface area contributed by atoms with E-state index in [4.69, 9.17) is 20.8 Å². The third-order valence-electron chi connectivity index (χ3n) is 4.51. The lowest BCUT2D eigenvalue weighted by Crippen LogP contribution is -2.14. The van der Waals surface area contributed by atoms with E-state index < -0.39 is 0 Å². The summed E-state index contributed by atoms with van der Waals surface area (Å²) in [6.45, 7) is 3.73. The molecule has 4 rings (SSSR count). The molecule has 9 nitrogen and oxygen atoms in total. The number of ether oxygens (including phenoxy) is 1. The van der Waals surface area contributed by atoms with Gasteiger partial charge in [-0.15, -0.1) is 5.10 Å². The summed E-state index contributed by atoms with van der Waals surface area (Å²) >= 11 is 6.35. The Bertz CT molecular complexity index is 1200. The van der Waals surface area contributed by atoms with E-state index in [9.17, 15) is 4.79 Å². The Morgan fingerprint density at radius 2 is 2.07 bits per heavy atom. The first-order valence-electron chi connectivity index (χ1n) is 8.93. The van der Waals surface area contributed by atoms with E-state index in [0.29, 0.717) is 28.0 Å². The molecule has 2 aromatic heterocycles. The number of rotatable bonds is 5. The van der Waals surface area contributed by atoms with Crippen LogP contribution in [0.4, 0.5) is 5.69 Å². The zero-order valence-corrected chi connectivity index (χ0v) is 17.1. The number of aromatic nitrogens is 5. The van der Waals surface area contributed by atoms with Crippen LogP contribution in [0.2, 0.25) is 5.02 Å². The molecular weight excluding hydrogens is 408 g/mol. The fourth-order valence-electron chi connectivity index (χ4n) is 2.86. The van der Waals surface area contributed by atoms with Gasteiger partial charge in [-0.2, -0.15) is 4.68 Å². The molecule has 0 saturated carbocycles. The maximum atomic E-state index is 12.9. The van der Waals surface area contributed by atoms with Crippen LogP contribution in [0.25, 0.3) is 17.1 Å². The summed E-state index contributed by atoms with van der Waals surface area (Å²) in [4.78, 5) is 17.3. The summed E-state index contributed by atoms with van der Waals surface area (Å²) in [5.74, 6) is 1.19.